The molecule has 2 heterocycles. The highest BCUT2D eigenvalue weighted by molar-refractivity contribution is 7.19. The number of thiophene rings is 1. The molecule has 19 heavy (non-hydrogen) atoms. The standard InChI is InChI=1S/C14H17N3OS/c18-10(8-4-5-8)6-15-13-12-9-2-1-3-11(9)19-14(12)17-7-16-13/h7-8,10,18H,1-6H2,(H,15,16,17)/t10-/m1/s1. The van der Waals surface area contributed by atoms with Crippen molar-refractivity contribution >= 4 is 27.4 Å². The molecule has 2 N–H and O–H groups in total. The van der Waals surface area contributed by atoms with Crippen molar-refractivity contribution in [3.8, 4) is 0 Å². The van der Waals surface area contributed by atoms with Crippen LogP contribution in [0.1, 0.15) is 29.7 Å². The van der Waals surface area contributed by atoms with E-state index in [4.69, 9.17) is 0 Å². The van der Waals surface area contributed by atoms with E-state index in [2.05, 4.69) is 15.3 Å². The molecular formula is C14H17N3OS. The van der Waals surface area contributed by atoms with Crippen LogP contribution in [0.4, 0.5) is 5.82 Å². The Kier molecular flexibility index (Phi) is 2.70. The third kappa shape index (κ3) is 2.01. The van der Waals surface area contributed by atoms with E-state index in [1.54, 1.807) is 17.7 Å². The molecule has 4 nitrogen and oxygen atoms in total. The van der Waals surface area contributed by atoms with Crippen molar-refractivity contribution in [3.05, 3.63) is 16.8 Å². The number of aryl methyl sites for hydroxylation is 2. The SMILES string of the molecule is O[C@H](CNc1ncnc2sc3c(c12)CCC3)C1CC1. The van der Waals surface area contributed by atoms with E-state index in [1.165, 1.54) is 28.7 Å². The zero-order valence-corrected chi connectivity index (χ0v) is 11.5. The van der Waals surface area contributed by atoms with Gasteiger partial charge in [-0.25, -0.2) is 9.97 Å². The summed E-state index contributed by atoms with van der Waals surface area (Å²) in [5, 5.41) is 14.5. The number of hydrogen-bond acceptors (Lipinski definition) is 5. The van der Waals surface area contributed by atoms with Crippen LogP contribution in [0.15, 0.2) is 6.33 Å². The Morgan fingerprint density at radius 1 is 1.37 bits per heavy atom. The number of aliphatic hydroxyl groups is 1. The molecule has 0 spiro atoms. The van der Waals surface area contributed by atoms with Crippen molar-refractivity contribution in [2.45, 2.75) is 38.2 Å². The first-order chi connectivity index (χ1) is 9.33. The Labute approximate surface area is 115 Å². The van der Waals surface area contributed by atoms with Crippen LogP contribution < -0.4 is 5.32 Å². The van der Waals surface area contributed by atoms with Crippen LogP contribution in [0.2, 0.25) is 0 Å². The van der Waals surface area contributed by atoms with Gasteiger partial charge in [-0.2, -0.15) is 0 Å². The van der Waals surface area contributed by atoms with Gasteiger partial charge < -0.3 is 10.4 Å². The molecule has 5 heteroatoms. The lowest BCUT2D eigenvalue weighted by Crippen LogP contribution is -2.21. The molecule has 2 aliphatic rings. The number of nitrogens with one attached hydrogen (secondary N) is 1. The topological polar surface area (TPSA) is 58.0 Å². The largest absolute Gasteiger partial charge is 0.391 e. The summed E-state index contributed by atoms with van der Waals surface area (Å²) in [7, 11) is 0. The third-order valence-corrected chi connectivity index (χ3v) is 5.35. The molecule has 0 saturated heterocycles. The molecule has 0 amide bonds. The Hall–Kier alpha value is -1.20. The van der Waals surface area contributed by atoms with E-state index < -0.39 is 0 Å². The molecule has 0 bridgehead atoms. The van der Waals surface area contributed by atoms with Crippen molar-refractivity contribution < 1.29 is 5.11 Å². The fraction of sp³-hybridized carbons (Fsp3) is 0.571. The van der Waals surface area contributed by atoms with Gasteiger partial charge in [0.1, 0.15) is 17.0 Å². The van der Waals surface area contributed by atoms with Gasteiger partial charge in [0.15, 0.2) is 0 Å². The quantitative estimate of drug-likeness (QED) is 0.899. The second-order valence-corrected chi connectivity index (χ2v) is 6.63. The van der Waals surface area contributed by atoms with Crippen LogP contribution in [0, 0.1) is 5.92 Å². The van der Waals surface area contributed by atoms with E-state index in [9.17, 15) is 5.11 Å². The van der Waals surface area contributed by atoms with Crippen LogP contribution in [-0.2, 0) is 12.8 Å². The van der Waals surface area contributed by atoms with Crippen LogP contribution in [-0.4, -0.2) is 27.7 Å². The molecule has 2 aromatic heterocycles. The average Bonchev–Trinajstić information content (AvgIpc) is 3.07. The van der Waals surface area contributed by atoms with Crippen molar-refractivity contribution in [2.24, 2.45) is 5.92 Å². The number of fused-ring (bicyclic) bond motifs is 3. The summed E-state index contributed by atoms with van der Waals surface area (Å²) in [6.45, 7) is 0.599. The number of nitrogens with zero attached hydrogens (tertiary/aromatic N) is 2. The van der Waals surface area contributed by atoms with Gasteiger partial charge in [0.2, 0.25) is 0 Å². The summed E-state index contributed by atoms with van der Waals surface area (Å²) >= 11 is 1.80. The van der Waals surface area contributed by atoms with Gasteiger partial charge in [0.05, 0.1) is 11.5 Å². The van der Waals surface area contributed by atoms with Crippen molar-refractivity contribution in [1.82, 2.24) is 9.97 Å². The van der Waals surface area contributed by atoms with Crippen LogP contribution in [0.5, 0.6) is 0 Å². The second kappa shape index (κ2) is 4.42. The molecule has 100 valence electrons. The minimum Gasteiger partial charge on any atom is -0.391 e. The molecule has 0 unspecified atom stereocenters. The van der Waals surface area contributed by atoms with Crippen LogP contribution >= 0.6 is 11.3 Å². The molecule has 0 radical (unpaired) electrons. The molecule has 0 aliphatic heterocycles. The van der Waals surface area contributed by atoms with Gasteiger partial charge >= 0.3 is 0 Å². The highest BCUT2D eigenvalue weighted by atomic mass is 32.1. The molecule has 1 fully saturated rings. The fourth-order valence-electron chi connectivity index (χ4n) is 2.91. The van der Waals surface area contributed by atoms with E-state index >= 15 is 0 Å². The first-order valence-electron chi connectivity index (χ1n) is 7.00. The molecule has 1 atom stereocenters. The van der Waals surface area contributed by atoms with Gasteiger partial charge in [0, 0.05) is 11.4 Å². The van der Waals surface area contributed by atoms with Crippen LogP contribution in [0.25, 0.3) is 10.2 Å². The Bertz CT molecular complexity index is 620. The summed E-state index contributed by atoms with van der Waals surface area (Å²) in [5.74, 6) is 1.40. The number of hydrogen-bond donors (Lipinski definition) is 2. The minimum absolute atomic E-state index is 0.239. The maximum absolute atomic E-state index is 9.96. The second-order valence-electron chi connectivity index (χ2n) is 5.55. The van der Waals surface area contributed by atoms with Crippen molar-refractivity contribution in [1.29, 1.82) is 0 Å². The predicted molar refractivity (Wildman–Crippen MR) is 76.7 cm³/mol. The lowest BCUT2D eigenvalue weighted by atomic mass is 10.2. The number of aliphatic hydroxyl groups excluding tert-OH is 1. The Balaban J connectivity index is 1.65. The summed E-state index contributed by atoms with van der Waals surface area (Å²) in [6, 6.07) is 0. The first kappa shape index (κ1) is 11.6. The lowest BCUT2D eigenvalue weighted by Gasteiger charge is -2.12. The van der Waals surface area contributed by atoms with E-state index in [0.717, 1.165) is 29.9 Å². The average molecular weight is 275 g/mol. The molecule has 0 aromatic carbocycles. The maximum atomic E-state index is 9.96. The number of rotatable bonds is 4. The minimum atomic E-state index is -0.239. The zero-order chi connectivity index (χ0) is 12.8. The Morgan fingerprint density at radius 2 is 2.26 bits per heavy atom. The highest BCUT2D eigenvalue weighted by Gasteiger charge is 2.29. The third-order valence-electron chi connectivity index (χ3n) is 4.15. The van der Waals surface area contributed by atoms with Gasteiger partial charge in [-0.15, -0.1) is 11.3 Å². The molecule has 2 aliphatic carbocycles. The monoisotopic (exact) mass is 275 g/mol. The zero-order valence-electron chi connectivity index (χ0n) is 10.7. The summed E-state index contributed by atoms with van der Waals surface area (Å²) in [6.07, 6.45) is 7.28. The number of aromatic nitrogens is 2. The predicted octanol–water partition coefficient (Wildman–Crippen LogP) is 2.36. The van der Waals surface area contributed by atoms with E-state index in [-0.39, 0.29) is 6.10 Å². The molecule has 4 rings (SSSR count). The normalized spacial score (nSPS) is 19.6. The van der Waals surface area contributed by atoms with E-state index in [0.29, 0.717) is 12.5 Å². The number of anilines is 1. The maximum Gasteiger partial charge on any atom is 0.138 e. The fourth-order valence-corrected chi connectivity index (χ4v) is 4.14. The lowest BCUT2D eigenvalue weighted by molar-refractivity contribution is 0.164. The van der Waals surface area contributed by atoms with Crippen LogP contribution in [0.3, 0.4) is 0 Å². The Morgan fingerprint density at radius 3 is 3.11 bits per heavy atom. The highest BCUT2D eigenvalue weighted by Crippen LogP contribution is 2.39. The summed E-state index contributed by atoms with van der Waals surface area (Å²) in [4.78, 5) is 11.3. The molecular weight excluding hydrogens is 258 g/mol. The van der Waals surface area contributed by atoms with Gasteiger partial charge in [-0.05, 0) is 43.6 Å². The first-order valence-corrected chi connectivity index (χ1v) is 7.82. The van der Waals surface area contributed by atoms with Crippen molar-refractivity contribution in [3.63, 3.8) is 0 Å². The van der Waals surface area contributed by atoms with Gasteiger partial charge in [-0.1, -0.05) is 0 Å². The van der Waals surface area contributed by atoms with Gasteiger partial charge in [-0.3, -0.25) is 0 Å². The summed E-state index contributed by atoms with van der Waals surface area (Å²) in [5.41, 5.74) is 1.43. The van der Waals surface area contributed by atoms with Crippen molar-refractivity contribution in [2.75, 3.05) is 11.9 Å². The molecule has 2 aromatic rings. The molecule has 1 saturated carbocycles. The smallest absolute Gasteiger partial charge is 0.138 e. The van der Waals surface area contributed by atoms with Gasteiger partial charge in [0.25, 0.3) is 0 Å². The van der Waals surface area contributed by atoms with E-state index in [1.807, 2.05) is 0 Å². The summed E-state index contributed by atoms with van der Waals surface area (Å²) < 4.78 is 0.